The number of benzene rings is 1. The van der Waals surface area contributed by atoms with Gasteiger partial charge in [0.25, 0.3) is 0 Å². The largest absolute Gasteiger partial charge is 0.349 e. The predicted molar refractivity (Wildman–Crippen MR) is 114 cm³/mol. The molecule has 0 bridgehead atoms. The third-order valence-corrected chi connectivity index (χ3v) is 6.98. The van der Waals surface area contributed by atoms with Gasteiger partial charge in [-0.3, -0.25) is 9.59 Å². The van der Waals surface area contributed by atoms with Gasteiger partial charge in [0, 0.05) is 23.2 Å². The Morgan fingerprint density at radius 2 is 1.93 bits per heavy atom. The summed E-state index contributed by atoms with van der Waals surface area (Å²) in [5.41, 5.74) is 2.19. The van der Waals surface area contributed by atoms with Gasteiger partial charge in [-0.05, 0) is 40.4 Å². The molecule has 2 amide bonds. The van der Waals surface area contributed by atoms with Gasteiger partial charge in [0.15, 0.2) is 0 Å². The fourth-order valence-corrected chi connectivity index (χ4v) is 5.57. The van der Waals surface area contributed by atoms with Crippen molar-refractivity contribution in [2.45, 2.75) is 31.8 Å². The lowest BCUT2D eigenvalue weighted by Crippen LogP contribution is -2.41. The fourth-order valence-electron chi connectivity index (χ4n) is 3.81. The molecule has 0 saturated carbocycles. The van der Waals surface area contributed by atoms with Crippen LogP contribution in [0.4, 0.5) is 0 Å². The lowest BCUT2D eigenvalue weighted by Gasteiger charge is -2.36. The minimum Gasteiger partial charge on any atom is -0.349 e. The molecule has 1 aliphatic heterocycles. The van der Waals surface area contributed by atoms with E-state index < -0.39 is 0 Å². The number of amides is 2. The molecule has 28 heavy (non-hydrogen) atoms. The van der Waals surface area contributed by atoms with E-state index in [-0.39, 0.29) is 30.3 Å². The van der Waals surface area contributed by atoms with Crippen LogP contribution in [0.5, 0.6) is 0 Å². The van der Waals surface area contributed by atoms with Crippen LogP contribution >= 0.6 is 22.7 Å². The molecule has 6 heteroatoms. The van der Waals surface area contributed by atoms with E-state index in [1.807, 2.05) is 41.3 Å². The zero-order valence-corrected chi connectivity index (χ0v) is 17.3. The second-order valence-electron chi connectivity index (χ2n) is 6.92. The molecule has 0 radical (unpaired) electrons. The maximum atomic E-state index is 13.4. The second kappa shape index (κ2) is 8.29. The normalized spacial score (nSPS) is 17.0. The molecule has 0 unspecified atom stereocenters. The highest BCUT2D eigenvalue weighted by atomic mass is 32.1. The average molecular weight is 411 g/mol. The maximum Gasteiger partial charge on any atom is 0.225 e. The molecule has 2 aromatic heterocycles. The highest BCUT2D eigenvalue weighted by Gasteiger charge is 2.34. The van der Waals surface area contributed by atoms with Crippen LogP contribution in [-0.4, -0.2) is 23.3 Å². The number of thiophene rings is 2. The Balaban J connectivity index is 1.61. The number of carbonyl (C=O) groups is 2. The van der Waals surface area contributed by atoms with Crippen LogP contribution in [0.2, 0.25) is 0 Å². The van der Waals surface area contributed by atoms with Crippen molar-refractivity contribution in [3.05, 3.63) is 80.2 Å². The third kappa shape index (κ3) is 3.88. The molecular formula is C22H22N2O2S2. The summed E-state index contributed by atoms with van der Waals surface area (Å²) in [6, 6.07) is 15.6. The first-order valence-electron chi connectivity index (χ1n) is 9.34. The van der Waals surface area contributed by atoms with E-state index in [9.17, 15) is 9.59 Å². The van der Waals surface area contributed by atoms with E-state index in [1.165, 1.54) is 22.2 Å². The van der Waals surface area contributed by atoms with E-state index in [2.05, 4.69) is 28.2 Å². The van der Waals surface area contributed by atoms with Gasteiger partial charge >= 0.3 is 0 Å². The first-order valence-corrected chi connectivity index (χ1v) is 11.1. The molecule has 3 heterocycles. The van der Waals surface area contributed by atoms with E-state index in [1.54, 1.807) is 22.7 Å². The van der Waals surface area contributed by atoms with Crippen molar-refractivity contribution >= 4 is 34.5 Å². The molecule has 0 spiro atoms. The van der Waals surface area contributed by atoms with Crippen molar-refractivity contribution in [3.63, 3.8) is 0 Å². The fraction of sp³-hybridized carbons (Fsp3) is 0.273. The van der Waals surface area contributed by atoms with Gasteiger partial charge < -0.3 is 10.2 Å². The maximum absolute atomic E-state index is 13.4. The van der Waals surface area contributed by atoms with E-state index >= 15 is 0 Å². The Bertz CT molecular complexity index is 950. The van der Waals surface area contributed by atoms with Crippen LogP contribution in [0.3, 0.4) is 0 Å². The first-order chi connectivity index (χ1) is 13.6. The van der Waals surface area contributed by atoms with Crippen LogP contribution in [0.15, 0.2) is 59.3 Å². The number of fused-ring (bicyclic) bond motifs is 1. The lowest BCUT2D eigenvalue weighted by molar-refractivity contribution is -0.134. The molecule has 2 atom stereocenters. The molecule has 0 saturated heterocycles. The average Bonchev–Trinajstić information content (AvgIpc) is 3.38. The van der Waals surface area contributed by atoms with E-state index in [0.717, 1.165) is 12.0 Å². The number of nitrogens with zero attached hydrogens (tertiary/aromatic N) is 1. The molecule has 3 aromatic rings. The van der Waals surface area contributed by atoms with Crippen molar-refractivity contribution < 1.29 is 9.59 Å². The monoisotopic (exact) mass is 410 g/mol. The summed E-state index contributed by atoms with van der Waals surface area (Å²) in [7, 11) is 0. The number of rotatable bonds is 5. The second-order valence-corrected chi connectivity index (χ2v) is 8.90. The van der Waals surface area contributed by atoms with Gasteiger partial charge in [-0.15, -0.1) is 22.7 Å². The summed E-state index contributed by atoms with van der Waals surface area (Å²) >= 11 is 3.45. The minimum absolute atomic E-state index is 0.0312. The predicted octanol–water partition coefficient (Wildman–Crippen LogP) is 4.55. The van der Waals surface area contributed by atoms with Gasteiger partial charge in [0.1, 0.15) is 0 Å². The molecule has 1 aliphatic rings. The molecule has 4 nitrogen and oxygen atoms in total. The van der Waals surface area contributed by atoms with Crippen LogP contribution in [-0.2, 0) is 16.0 Å². The van der Waals surface area contributed by atoms with Crippen LogP contribution in [0, 0.1) is 0 Å². The number of hydrogen-bond acceptors (Lipinski definition) is 4. The summed E-state index contributed by atoms with van der Waals surface area (Å²) < 4.78 is 0. The van der Waals surface area contributed by atoms with Crippen molar-refractivity contribution in [3.8, 4) is 0 Å². The molecular weight excluding hydrogens is 388 g/mol. The molecule has 1 aromatic carbocycles. The van der Waals surface area contributed by atoms with Gasteiger partial charge in [0.2, 0.25) is 11.8 Å². The Hall–Kier alpha value is -2.44. The minimum atomic E-state index is -0.320. The molecule has 0 aliphatic carbocycles. The zero-order valence-electron chi connectivity index (χ0n) is 15.6. The topological polar surface area (TPSA) is 49.4 Å². The van der Waals surface area contributed by atoms with Crippen LogP contribution < -0.4 is 5.32 Å². The van der Waals surface area contributed by atoms with E-state index in [4.69, 9.17) is 0 Å². The highest BCUT2D eigenvalue weighted by Crippen LogP contribution is 2.40. The first kappa shape index (κ1) is 18.9. The van der Waals surface area contributed by atoms with Crippen molar-refractivity contribution in [2.24, 2.45) is 0 Å². The van der Waals surface area contributed by atoms with Crippen molar-refractivity contribution in [1.29, 1.82) is 0 Å². The van der Waals surface area contributed by atoms with Gasteiger partial charge in [0.05, 0.1) is 18.5 Å². The Morgan fingerprint density at radius 1 is 1.11 bits per heavy atom. The molecule has 0 fully saturated rings. The Kier molecular flexibility index (Phi) is 5.59. The van der Waals surface area contributed by atoms with Gasteiger partial charge in [-0.2, -0.15) is 0 Å². The summed E-state index contributed by atoms with van der Waals surface area (Å²) in [6.07, 6.45) is 1.14. The summed E-state index contributed by atoms with van der Waals surface area (Å²) in [6.45, 7) is 2.20. The number of carbonyl (C=O) groups excluding carboxylic acids is 2. The summed E-state index contributed by atoms with van der Waals surface area (Å²) in [5.74, 6) is -0.0620. The van der Waals surface area contributed by atoms with Crippen molar-refractivity contribution in [1.82, 2.24) is 10.2 Å². The Labute approximate surface area is 172 Å². The highest BCUT2D eigenvalue weighted by molar-refractivity contribution is 7.10. The number of nitrogens with one attached hydrogen (secondary N) is 1. The SMILES string of the molecule is CC(=O)N[C@H](CC(=O)N1CCc2sccc2[C@H]1c1cccs1)c1ccccc1. The third-order valence-electron chi connectivity index (χ3n) is 5.06. The summed E-state index contributed by atoms with van der Waals surface area (Å²) in [4.78, 5) is 29.6. The Morgan fingerprint density at radius 3 is 2.64 bits per heavy atom. The standard InChI is InChI=1S/C22H22N2O2S2/c1-15(25)23-18(16-6-3-2-4-7-16)14-21(26)24-11-9-19-17(10-13-28-19)22(24)20-8-5-12-27-20/h2-8,10,12-13,18,22H,9,11,14H2,1H3,(H,23,25)/t18-,22+/m1/s1. The van der Waals surface area contributed by atoms with Crippen LogP contribution in [0.25, 0.3) is 0 Å². The summed E-state index contributed by atoms with van der Waals surface area (Å²) in [5, 5.41) is 7.12. The van der Waals surface area contributed by atoms with Gasteiger partial charge in [-0.1, -0.05) is 36.4 Å². The number of hydrogen-bond donors (Lipinski definition) is 1. The van der Waals surface area contributed by atoms with E-state index in [0.29, 0.717) is 6.54 Å². The molecule has 1 N–H and O–H groups in total. The quantitative estimate of drug-likeness (QED) is 0.671. The smallest absolute Gasteiger partial charge is 0.225 e. The van der Waals surface area contributed by atoms with Crippen LogP contribution in [0.1, 0.15) is 46.3 Å². The molecule has 4 rings (SSSR count). The molecule has 144 valence electrons. The lowest BCUT2D eigenvalue weighted by atomic mass is 9.96. The zero-order chi connectivity index (χ0) is 19.5. The van der Waals surface area contributed by atoms with Crippen molar-refractivity contribution in [2.75, 3.05) is 6.54 Å². The van der Waals surface area contributed by atoms with Gasteiger partial charge in [-0.25, -0.2) is 0 Å².